The molecule has 1 N–H and O–H groups in total. The second kappa shape index (κ2) is 13.4. The Hall–Kier alpha value is -4.58. The molecule has 1 aliphatic heterocycles. The van der Waals surface area contributed by atoms with Gasteiger partial charge in [0.2, 0.25) is 11.8 Å². The van der Waals surface area contributed by atoms with Crippen molar-refractivity contribution in [2.75, 3.05) is 11.3 Å². The average Bonchev–Trinajstić information content (AvgIpc) is 3.03. The first-order valence-corrected chi connectivity index (χ1v) is 18.6. The van der Waals surface area contributed by atoms with Crippen LogP contribution in [0.4, 0.5) is 5.95 Å². The maximum Gasteiger partial charge on any atom is 0.264 e. The summed E-state index contributed by atoms with van der Waals surface area (Å²) in [6.07, 6.45) is 9.18. The van der Waals surface area contributed by atoms with E-state index in [4.69, 9.17) is 9.47 Å². The molecule has 2 aromatic heterocycles. The second-order valence-corrected chi connectivity index (χ2v) is 15.5. The molecule has 2 saturated carbocycles. The molecule has 0 saturated heterocycles. The van der Waals surface area contributed by atoms with Crippen molar-refractivity contribution in [2.45, 2.75) is 95.2 Å². The minimum Gasteiger partial charge on any atom is -0.487 e. The molecule has 0 spiro atoms. The van der Waals surface area contributed by atoms with E-state index in [0.29, 0.717) is 23.7 Å². The van der Waals surface area contributed by atoms with Crippen molar-refractivity contribution in [1.82, 2.24) is 24.8 Å². The number of carbonyl (C=O) groups is 1. The van der Waals surface area contributed by atoms with Gasteiger partial charge in [-0.25, -0.2) is 28.1 Å². The van der Waals surface area contributed by atoms with Gasteiger partial charge in [0.25, 0.3) is 15.9 Å². The lowest BCUT2D eigenvalue weighted by Gasteiger charge is -2.47. The number of aryl methyl sites for hydroxylation is 2. The number of nitrogens with zero attached hydrogens (tertiary/aromatic N) is 5. The van der Waals surface area contributed by atoms with Gasteiger partial charge in [0, 0.05) is 29.2 Å². The zero-order valence-corrected chi connectivity index (χ0v) is 29.1. The summed E-state index contributed by atoms with van der Waals surface area (Å²) in [6.45, 7) is 8.35. The molecule has 11 nitrogen and oxygen atoms in total. The molecular formula is C37H42N6O5S. The monoisotopic (exact) mass is 682 g/mol. The van der Waals surface area contributed by atoms with Crippen LogP contribution in [-0.4, -0.2) is 64.0 Å². The van der Waals surface area contributed by atoms with Crippen LogP contribution in [0.15, 0.2) is 65.8 Å². The van der Waals surface area contributed by atoms with Crippen molar-refractivity contribution in [3.8, 4) is 22.9 Å². The van der Waals surface area contributed by atoms with Crippen molar-refractivity contribution in [1.29, 1.82) is 0 Å². The first-order chi connectivity index (χ1) is 23.6. The fraction of sp³-hybridized carbons (Fsp3) is 0.432. The molecule has 256 valence electrons. The molecule has 0 radical (unpaired) electrons. The van der Waals surface area contributed by atoms with Crippen molar-refractivity contribution in [3.63, 3.8) is 0 Å². The Morgan fingerprint density at radius 1 is 0.980 bits per heavy atom. The first kappa shape index (κ1) is 32.9. The third kappa shape index (κ3) is 6.83. The smallest absolute Gasteiger partial charge is 0.264 e. The normalized spacial score (nSPS) is 22.0. The predicted molar refractivity (Wildman–Crippen MR) is 185 cm³/mol. The van der Waals surface area contributed by atoms with E-state index in [9.17, 15) is 13.2 Å². The van der Waals surface area contributed by atoms with Crippen LogP contribution < -0.4 is 14.2 Å². The predicted octanol–water partition coefficient (Wildman–Crippen LogP) is 6.48. The topological polar surface area (TPSA) is 136 Å². The summed E-state index contributed by atoms with van der Waals surface area (Å²) < 4.78 is 42.4. The van der Waals surface area contributed by atoms with Crippen LogP contribution >= 0.6 is 0 Å². The zero-order valence-electron chi connectivity index (χ0n) is 28.3. The number of hydrogen-bond acceptors (Lipinski definition) is 9. The maximum absolute atomic E-state index is 14.6. The molecule has 12 heteroatoms. The van der Waals surface area contributed by atoms with Crippen LogP contribution in [0.1, 0.15) is 85.6 Å². The SMILES string of the molecule is Cc1cccc(C)c1-c1cc2nc(n1)NS(=O)(=O)c1cccc(c1)C(=O)N(C1CCC1c1ncc(OC3CCC3)cn1)C(CC(C)C)CO2. The molecule has 49 heavy (non-hydrogen) atoms. The lowest BCUT2D eigenvalue weighted by atomic mass is 9.76. The van der Waals surface area contributed by atoms with E-state index < -0.39 is 10.0 Å². The highest BCUT2D eigenvalue weighted by atomic mass is 32.2. The van der Waals surface area contributed by atoms with E-state index in [1.54, 1.807) is 30.6 Å². The number of fused-ring (bicyclic) bond motifs is 4. The summed E-state index contributed by atoms with van der Waals surface area (Å²) in [6, 6.07) is 13.3. The van der Waals surface area contributed by atoms with Crippen LogP contribution in [0.3, 0.4) is 0 Å². The number of amides is 1. The van der Waals surface area contributed by atoms with E-state index >= 15 is 0 Å². The molecule has 3 unspecified atom stereocenters. The Labute approximate surface area is 287 Å². The van der Waals surface area contributed by atoms with Gasteiger partial charge < -0.3 is 14.4 Å². The quantitative estimate of drug-likeness (QED) is 0.232. The first-order valence-electron chi connectivity index (χ1n) is 17.1. The number of hydrogen-bond donors (Lipinski definition) is 1. The van der Waals surface area contributed by atoms with Crippen LogP contribution in [0.5, 0.6) is 11.6 Å². The highest BCUT2D eigenvalue weighted by Crippen LogP contribution is 2.42. The van der Waals surface area contributed by atoms with Gasteiger partial charge in [-0.15, -0.1) is 0 Å². The summed E-state index contributed by atoms with van der Waals surface area (Å²) in [4.78, 5) is 34.9. The molecular weight excluding hydrogens is 641 g/mol. The van der Waals surface area contributed by atoms with Crippen molar-refractivity contribution in [3.05, 3.63) is 83.4 Å². The fourth-order valence-corrected chi connectivity index (χ4v) is 7.96. The van der Waals surface area contributed by atoms with Gasteiger partial charge in [-0.1, -0.05) is 38.1 Å². The molecule has 3 heterocycles. The Morgan fingerprint density at radius 2 is 1.71 bits per heavy atom. The number of sulfonamides is 1. The fourth-order valence-electron chi connectivity index (χ4n) is 6.97. The maximum atomic E-state index is 14.6. The van der Waals surface area contributed by atoms with Gasteiger partial charge in [-0.2, -0.15) is 4.98 Å². The number of anilines is 1. The molecule has 2 aliphatic carbocycles. The molecule has 7 rings (SSSR count). The van der Waals surface area contributed by atoms with E-state index in [0.717, 1.165) is 42.4 Å². The van der Waals surface area contributed by atoms with Gasteiger partial charge in [-0.3, -0.25) is 4.79 Å². The lowest BCUT2D eigenvalue weighted by molar-refractivity contribution is 0.0204. The molecule has 4 bridgehead atoms. The second-order valence-electron chi connectivity index (χ2n) is 13.8. The Kier molecular flexibility index (Phi) is 8.99. The third-order valence-corrected chi connectivity index (χ3v) is 11.1. The standard InChI is InChI=1S/C37H42N6O5S/c1-22(2)16-26-21-47-33-18-31(34-23(3)8-5-9-24(34)4)40-37(41-33)42-49(45,46)29-13-6-10-25(17-29)36(44)43(26)32-15-14-30(32)35-38-19-28(20-39-35)48-27-11-7-12-27/h5-6,8-10,13,17-20,22,26-27,30,32H,7,11-12,14-16,21H2,1-4H3,(H,40,41,42). The molecule has 4 aromatic rings. The molecule has 3 aliphatic rings. The van der Waals surface area contributed by atoms with Gasteiger partial charge in [0.15, 0.2) is 5.75 Å². The van der Waals surface area contributed by atoms with Crippen LogP contribution in [-0.2, 0) is 10.0 Å². The van der Waals surface area contributed by atoms with Gasteiger partial charge in [0.1, 0.15) is 12.4 Å². The highest BCUT2D eigenvalue weighted by Gasteiger charge is 2.44. The van der Waals surface area contributed by atoms with Gasteiger partial charge in [-0.05, 0) is 87.6 Å². The van der Waals surface area contributed by atoms with Crippen LogP contribution in [0.2, 0.25) is 0 Å². The van der Waals surface area contributed by atoms with Crippen LogP contribution in [0.25, 0.3) is 11.3 Å². The largest absolute Gasteiger partial charge is 0.487 e. The molecule has 3 atom stereocenters. The van der Waals surface area contributed by atoms with E-state index in [-0.39, 0.29) is 64.8 Å². The summed E-state index contributed by atoms with van der Waals surface area (Å²) in [5.74, 6) is 1.30. The number of benzene rings is 2. The Balaban J connectivity index is 1.29. The summed E-state index contributed by atoms with van der Waals surface area (Å²) in [5, 5.41) is 0. The molecule has 2 fully saturated rings. The number of rotatable bonds is 7. The summed E-state index contributed by atoms with van der Waals surface area (Å²) >= 11 is 0. The summed E-state index contributed by atoms with van der Waals surface area (Å²) in [7, 11) is -4.16. The number of aromatic nitrogens is 4. The summed E-state index contributed by atoms with van der Waals surface area (Å²) in [5.41, 5.74) is 3.66. The molecule has 1 amide bonds. The van der Waals surface area contributed by atoms with E-state index in [1.807, 2.05) is 36.9 Å². The third-order valence-electron chi connectivity index (χ3n) is 9.78. The van der Waals surface area contributed by atoms with E-state index in [1.165, 1.54) is 18.6 Å². The minimum atomic E-state index is -4.16. The average molecular weight is 683 g/mol. The number of carbonyl (C=O) groups excluding carboxylic acids is 1. The van der Waals surface area contributed by atoms with E-state index in [2.05, 4.69) is 38.5 Å². The highest BCUT2D eigenvalue weighted by molar-refractivity contribution is 7.92. The molecule has 2 aromatic carbocycles. The number of nitrogens with one attached hydrogen (secondary N) is 1. The number of ether oxygens (including phenoxy) is 2. The Bertz CT molecular complexity index is 1940. The van der Waals surface area contributed by atoms with Crippen molar-refractivity contribution < 1.29 is 22.7 Å². The minimum absolute atomic E-state index is 0.0583. The Morgan fingerprint density at radius 3 is 2.37 bits per heavy atom. The van der Waals surface area contributed by atoms with Gasteiger partial charge in [0.05, 0.1) is 35.1 Å². The van der Waals surface area contributed by atoms with Crippen molar-refractivity contribution >= 4 is 21.9 Å². The van der Waals surface area contributed by atoms with Crippen molar-refractivity contribution in [2.24, 2.45) is 5.92 Å². The zero-order chi connectivity index (χ0) is 34.3. The van der Waals surface area contributed by atoms with Crippen LogP contribution in [0, 0.1) is 19.8 Å². The lowest BCUT2D eigenvalue weighted by Crippen LogP contribution is -2.56. The van der Waals surface area contributed by atoms with Gasteiger partial charge >= 0.3 is 0 Å².